The second-order valence-electron chi connectivity index (χ2n) is 1.41. The predicted octanol–water partition coefficient (Wildman–Crippen LogP) is 0.296. The number of hydrogen-bond donors (Lipinski definition) is 1. The SMILES string of the molecule is CCOOC#CC(C)O. The van der Waals surface area contributed by atoms with Crippen LogP contribution in [0.1, 0.15) is 13.8 Å². The molecule has 1 N–H and O–H groups in total. The molecule has 0 aliphatic heterocycles. The number of aliphatic hydroxyl groups is 1. The van der Waals surface area contributed by atoms with E-state index in [1.165, 1.54) is 0 Å². The molecule has 0 saturated carbocycles. The molecule has 0 radical (unpaired) electrons. The molecule has 0 rings (SSSR count). The first-order valence-corrected chi connectivity index (χ1v) is 2.74. The van der Waals surface area contributed by atoms with E-state index in [1.54, 1.807) is 13.8 Å². The van der Waals surface area contributed by atoms with Crippen molar-refractivity contribution >= 4 is 0 Å². The smallest absolute Gasteiger partial charge is 0.159 e. The molecule has 0 amide bonds. The van der Waals surface area contributed by atoms with Crippen molar-refractivity contribution in [2.75, 3.05) is 6.61 Å². The normalized spacial score (nSPS) is 11.4. The molecule has 0 spiro atoms. The molecule has 0 aromatic rings. The molecule has 0 aliphatic carbocycles. The molecule has 0 aliphatic rings. The van der Waals surface area contributed by atoms with Crippen molar-refractivity contribution in [2.24, 2.45) is 0 Å². The van der Waals surface area contributed by atoms with Crippen LogP contribution in [0.25, 0.3) is 0 Å². The highest BCUT2D eigenvalue weighted by Crippen LogP contribution is 1.75. The zero-order chi connectivity index (χ0) is 7.11. The molecule has 0 aromatic heterocycles. The largest absolute Gasteiger partial charge is 0.381 e. The summed E-state index contributed by atoms with van der Waals surface area (Å²) in [6, 6.07) is 0. The van der Waals surface area contributed by atoms with Crippen LogP contribution >= 0.6 is 0 Å². The molecule has 0 fully saturated rings. The lowest BCUT2D eigenvalue weighted by molar-refractivity contribution is -0.232. The van der Waals surface area contributed by atoms with Crippen LogP contribution in [0.3, 0.4) is 0 Å². The average molecular weight is 130 g/mol. The van der Waals surface area contributed by atoms with Gasteiger partial charge in [0.1, 0.15) is 6.10 Å². The van der Waals surface area contributed by atoms with E-state index >= 15 is 0 Å². The molecule has 1 unspecified atom stereocenters. The number of rotatable bonds is 2. The molecule has 52 valence electrons. The summed E-state index contributed by atoms with van der Waals surface area (Å²) < 4.78 is 0. The minimum absolute atomic E-state index is 0.453. The molecule has 0 heterocycles. The van der Waals surface area contributed by atoms with Gasteiger partial charge in [0.15, 0.2) is 6.11 Å². The van der Waals surface area contributed by atoms with Crippen LogP contribution in [0.15, 0.2) is 0 Å². The average Bonchev–Trinajstić information content (AvgIpc) is 1.80. The van der Waals surface area contributed by atoms with E-state index in [1.807, 2.05) is 0 Å². The fraction of sp³-hybridized carbons (Fsp3) is 0.667. The number of aliphatic hydroxyl groups excluding tert-OH is 1. The third-order valence-electron chi connectivity index (χ3n) is 0.486. The van der Waals surface area contributed by atoms with Gasteiger partial charge < -0.3 is 5.11 Å². The van der Waals surface area contributed by atoms with Crippen molar-refractivity contribution in [3.8, 4) is 12.0 Å². The number of hydrogen-bond acceptors (Lipinski definition) is 3. The lowest BCUT2D eigenvalue weighted by Gasteiger charge is -1.90. The molecule has 0 aromatic carbocycles. The predicted molar refractivity (Wildman–Crippen MR) is 32.2 cm³/mol. The zero-order valence-corrected chi connectivity index (χ0v) is 5.55. The van der Waals surface area contributed by atoms with Gasteiger partial charge in [-0.15, -0.1) is 0 Å². The monoisotopic (exact) mass is 130 g/mol. The van der Waals surface area contributed by atoms with Crippen LogP contribution in [0.4, 0.5) is 0 Å². The second-order valence-corrected chi connectivity index (χ2v) is 1.41. The Morgan fingerprint density at radius 2 is 2.33 bits per heavy atom. The first-order chi connectivity index (χ1) is 4.27. The third-order valence-corrected chi connectivity index (χ3v) is 0.486. The molecule has 3 heteroatoms. The van der Waals surface area contributed by atoms with Crippen molar-refractivity contribution < 1.29 is 14.9 Å². The summed E-state index contributed by atoms with van der Waals surface area (Å²) in [5, 5.41) is 8.54. The highest BCUT2D eigenvalue weighted by Gasteiger charge is 1.82. The second kappa shape index (κ2) is 5.42. The highest BCUT2D eigenvalue weighted by molar-refractivity contribution is 4.95. The van der Waals surface area contributed by atoms with Gasteiger partial charge in [-0.3, -0.25) is 4.89 Å². The van der Waals surface area contributed by atoms with Gasteiger partial charge in [-0.2, -0.15) is 4.89 Å². The molecular weight excluding hydrogens is 120 g/mol. The first-order valence-electron chi connectivity index (χ1n) is 2.74. The van der Waals surface area contributed by atoms with E-state index in [9.17, 15) is 0 Å². The highest BCUT2D eigenvalue weighted by atomic mass is 17.2. The quantitative estimate of drug-likeness (QED) is 0.253. The molecule has 3 nitrogen and oxygen atoms in total. The van der Waals surface area contributed by atoms with Gasteiger partial charge in [-0.25, -0.2) is 0 Å². The van der Waals surface area contributed by atoms with E-state index < -0.39 is 6.10 Å². The molecule has 0 bridgehead atoms. The Morgan fingerprint density at radius 1 is 1.67 bits per heavy atom. The van der Waals surface area contributed by atoms with Gasteiger partial charge >= 0.3 is 0 Å². The zero-order valence-electron chi connectivity index (χ0n) is 5.55. The maximum atomic E-state index is 8.54. The summed E-state index contributed by atoms with van der Waals surface area (Å²) in [5.74, 6) is 2.34. The van der Waals surface area contributed by atoms with Gasteiger partial charge in [-0.05, 0) is 19.8 Å². The Morgan fingerprint density at radius 3 is 2.78 bits per heavy atom. The Hall–Kier alpha value is -0.720. The molecule has 1 atom stereocenters. The lowest BCUT2D eigenvalue weighted by atomic mass is 10.4. The summed E-state index contributed by atoms with van der Waals surface area (Å²) in [6.45, 7) is 3.78. The summed E-state index contributed by atoms with van der Waals surface area (Å²) in [4.78, 5) is 8.67. The van der Waals surface area contributed by atoms with Gasteiger partial charge in [0, 0.05) is 0 Å². The third kappa shape index (κ3) is 7.28. The van der Waals surface area contributed by atoms with Crippen molar-refractivity contribution in [3.63, 3.8) is 0 Å². The fourth-order valence-electron chi connectivity index (χ4n) is 0.198. The van der Waals surface area contributed by atoms with Crippen LogP contribution in [-0.2, 0) is 9.78 Å². The van der Waals surface area contributed by atoms with E-state index in [-0.39, 0.29) is 0 Å². The van der Waals surface area contributed by atoms with Crippen LogP contribution in [-0.4, -0.2) is 17.8 Å². The molecule has 0 saturated heterocycles. The van der Waals surface area contributed by atoms with E-state index in [0.29, 0.717) is 6.61 Å². The van der Waals surface area contributed by atoms with Crippen molar-refractivity contribution in [2.45, 2.75) is 20.0 Å². The Labute approximate surface area is 54.5 Å². The van der Waals surface area contributed by atoms with Crippen molar-refractivity contribution in [1.29, 1.82) is 0 Å². The lowest BCUT2D eigenvalue weighted by Crippen LogP contribution is -1.94. The van der Waals surface area contributed by atoms with Gasteiger partial charge in [0.25, 0.3) is 0 Å². The summed E-state index contributed by atoms with van der Waals surface area (Å²) in [6.07, 6.45) is 1.50. The van der Waals surface area contributed by atoms with E-state index in [2.05, 4.69) is 21.8 Å². The Bertz CT molecular complexity index is 109. The van der Waals surface area contributed by atoms with Crippen molar-refractivity contribution in [1.82, 2.24) is 0 Å². The standard InChI is InChI=1S/C6H10O3/c1-3-8-9-5-4-6(2)7/h6-7H,3H2,1-2H3. The Kier molecular flexibility index (Phi) is 4.98. The Balaban J connectivity index is 3.16. The molecular formula is C6H10O3. The van der Waals surface area contributed by atoms with Crippen LogP contribution in [0.5, 0.6) is 0 Å². The molecule has 9 heavy (non-hydrogen) atoms. The van der Waals surface area contributed by atoms with Crippen LogP contribution < -0.4 is 0 Å². The maximum Gasteiger partial charge on any atom is 0.159 e. The summed E-state index contributed by atoms with van der Waals surface area (Å²) in [7, 11) is 0. The maximum absolute atomic E-state index is 8.54. The summed E-state index contributed by atoms with van der Waals surface area (Å²) >= 11 is 0. The first kappa shape index (κ1) is 8.28. The van der Waals surface area contributed by atoms with E-state index in [0.717, 1.165) is 0 Å². The van der Waals surface area contributed by atoms with Gasteiger partial charge in [-0.1, -0.05) is 0 Å². The van der Waals surface area contributed by atoms with Crippen LogP contribution in [0.2, 0.25) is 0 Å². The summed E-state index contributed by atoms with van der Waals surface area (Å²) in [5.41, 5.74) is 0. The van der Waals surface area contributed by atoms with Crippen molar-refractivity contribution in [3.05, 3.63) is 0 Å². The fourth-order valence-corrected chi connectivity index (χ4v) is 0.198. The van der Waals surface area contributed by atoms with E-state index in [4.69, 9.17) is 5.11 Å². The topological polar surface area (TPSA) is 38.7 Å². The minimum atomic E-state index is -0.662. The van der Waals surface area contributed by atoms with Crippen LogP contribution in [0, 0.1) is 12.0 Å². The van der Waals surface area contributed by atoms with Gasteiger partial charge in [0.05, 0.1) is 6.61 Å². The minimum Gasteiger partial charge on any atom is -0.381 e. The van der Waals surface area contributed by atoms with Gasteiger partial charge in [0.2, 0.25) is 0 Å².